The molecule has 0 saturated heterocycles. The van der Waals surface area contributed by atoms with Crippen LogP contribution in [0.1, 0.15) is 11.1 Å². The zero-order chi connectivity index (χ0) is 19.8. The summed E-state index contributed by atoms with van der Waals surface area (Å²) >= 11 is 0. The molecule has 2 aromatic rings. The number of carbonyl (C=O) groups is 2. The van der Waals surface area contributed by atoms with Crippen LogP contribution in [0.5, 0.6) is 17.2 Å². The third-order valence-electron chi connectivity index (χ3n) is 3.71. The largest absolute Gasteiger partial charge is 0.493 e. The number of hydrogen-bond donors (Lipinski definition) is 2. The van der Waals surface area contributed by atoms with Gasteiger partial charge in [-0.1, -0.05) is 12.1 Å². The minimum atomic E-state index is -0.403. The number of hydrogen-bond acceptors (Lipinski definition) is 5. The van der Waals surface area contributed by atoms with Crippen LogP contribution in [0.15, 0.2) is 42.5 Å². The molecule has 142 valence electrons. The van der Waals surface area contributed by atoms with Crippen molar-refractivity contribution in [3.8, 4) is 17.2 Å². The Balaban J connectivity index is 2.09. The molecule has 0 aromatic heterocycles. The number of anilines is 1. The van der Waals surface area contributed by atoms with Crippen molar-refractivity contribution in [1.29, 1.82) is 0 Å². The molecular formula is C20H22N2O5. The summed E-state index contributed by atoms with van der Waals surface area (Å²) in [7, 11) is 4.58. The molecule has 0 heterocycles. The fraction of sp³-hybridized carbons (Fsp3) is 0.200. The van der Waals surface area contributed by atoms with Gasteiger partial charge in [0.1, 0.15) is 0 Å². The number of methoxy groups -OCH3 is 3. The van der Waals surface area contributed by atoms with Gasteiger partial charge in [0.05, 0.1) is 27.8 Å². The van der Waals surface area contributed by atoms with Gasteiger partial charge < -0.3 is 25.3 Å². The Labute approximate surface area is 157 Å². The van der Waals surface area contributed by atoms with Crippen LogP contribution in [0.2, 0.25) is 0 Å². The highest BCUT2D eigenvalue weighted by Crippen LogP contribution is 2.38. The van der Waals surface area contributed by atoms with Gasteiger partial charge in [-0.2, -0.15) is 0 Å². The molecule has 0 aliphatic heterocycles. The topological polar surface area (TPSA) is 99.9 Å². The number of benzene rings is 2. The third kappa shape index (κ3) is 5.50. The van der Waals surface area contributed by atoms with Gasteiger partial charge in [-0.3, -0.25) is 9.59 Å². The van der Waals surface area contributed by atoms with Crippen molar-refractivity contribution in [2.75, 3.05) is 26.6 Å². The van der Waals surface area contributed by atoms with Crippen molar-refractivity contribution in [1.82, 2.24) is 0 Å². The quantitative estimate of drug-likeness (QED) is 0.695. The van der Waals surface area contributed by atoms with E-state index in [1.807, 2.05) is 0 Å². The molecule has 0 atom stereocenters. The van der Waals surface area contributed by atoms with E-state index in [9.17, 15) is 9.59 Å². The molecule has 7 nitrogen and oxygen atoms in total. The van der Waals surface area contributed by atoms with Gasteiger partial charge in [0.2, 0.25) is 17.6 Å². The molecule has 7 heteroatoms. The SMILES string of the molecule is COc1cc(C=CC(=O)Nc2ccc(CC(N)=O)cc2)cc(OC)c1OC. The van der Waals surface area contributed by atoms with Crippen molar-refractivity contribution < 1.29 is 23.8 Å². The summed E-state index contributed by atoms with van der Waals surface area (Å²) in [6.45, 7) is 0. The fourth-order valence-corrected chi connectivity index (χ4v) is 2.46. The highest BCUT2D eigenvalue weighted by atomic mass is 16.5. The lowest BCUT2D eigenvalue weighted by molar-refractivity contribution is -0.117. The minimum absolute atomic E-state index is 0.162. The van der Waals surface area contributed by atoms with Crippen LogP contribution in [0, 0.1) is 0 Å². The Morgan fingerprint density at radius 3 is 2.07 bits per heavy atom. The van der Waals surface area contributed by atoms with Gasteiger partial charge in [-0.25, -0.2) is 0 Å². The fourth-order valence-electron chi connectivity index (χ4n) is 2.46. The first-order valence-corrected chi connectivity index (χ1v) is 8.13. The smallest absolute Gasteiger partial charge is 0.248 e. The van der Waals surface area contributed by atoms with Gasteiger partial charge in [0.15, 0.2) is 11.5 Å². The molecule has 0 saturated carbocycles. The predicted octanol–water partition coefficient (Wildman–Crippen LogP) is 2.39. The van der Waals surface area contributed by atoms with E-state index in [4.69, 9.17) is 19.9 Å². The Morgan fingerprint density at radius 1 is 1.00 bits per heavy atom. The highest BCUT2D eigenvalue weighted by Gasteiger charge is 2.12. The summed E-state index contributed by atoms with van der Waals surface area (Å²) in [6.07, 6.45) is 3.20. The lowest BCUT2D eigenvalue weighted by Gasteiger charge is -2.12. The second kappa shape index (κ2) is 9.28. The average molecular weight is 370 g/mol. The van der Waals surface area contributed by atoms with Crippen molar-refractivity contribution in [2.24, 2.45) is 5.73 Å². The monoisotopic (exact) mass is 370 g/mol. The van der Waals surface area contributed by atoms with E-state index in [0.29, 0.717) is 22.9 Å². The summed E-state index contributed by atoms with van der Waals surface area (Å²) < 4.78 is 15.8. The lowest BCUT2D eigenvalue weighted by Crippen LogP contribution is -2.13. The summed E-state index contributed by atoms with van der Waals surface area (Å²) in [4.78, 5) is 23.0. The standard InChI is InChI=1S/C20H22N2O5/c1-25-16-10-14(11-17(26-2)20(16)27-3)6-9-19(24)22-15-7-4-13(5-8-15)12-18(21)23/h4-11H,12H2,1-3H3,(H2,21,23)(H,22,24). The first kappa shape index (κ1) is 19.8. The van der Waals surface area contributed by atoms with Crippen molar-refractivity contribution >= 4 is 23.6 Å². The van der Waals surface area contributed by atoms with Crippen molar-refractivity contribution in [3.63, 3.8) is 0 Å². The lowest BCUT2D eigenvalue weighted by atomic mass is 10.1. The number of carbonyl (C=O) groups excluding carboxylic acids is 2. The van der Waals surface area contributed by atoms with Crippen LogP contribution < -0.4 is 25.3 Å². The zero-order valence-electron chi connectivity index (χ0n) is 15.4. The van der Waals surface area contributed by atoms with E-state index in [2.05, 4.69) is 5.32 Å². The number of rotatable bonds is 8. The number of ether oxygens (including phenoxy) is 3. The summed E-state index contributed by atoms with van der Waals surface area (Å²) in [5.41, 5.74) is 7.27. The molecule has 2 amide bonds. The summed E-state index contributed by atoms with van der Waals surface area (Å²) in [5, 5.41) is 2.74. The molecule has 0 bridgehead atoms. The maximum atomic E-state index is 12.1. The van der Waals surface area contributed by atoms with Crippen LogP contribution in [-0.2, 0) is 16.0 Å². The predicted molar refractivity (Wildman–Crippen MR) is 103 cm³/mol. The van der Waals surface area contributed by atoms with E-state index < -0.39 is 5.91 Å². The Hall–Kier alpha value is -3.48. The van der Waals surface area contributed by atoms with Crippen LogP contribution in [0.3, 0.4) is 0 Å². The van der Waals surface area contributed by atoms with E-state index >= 15 is 0 Å². The molecule has 0 fully saturated rings. The van der Waals surface area contributed by atoms with Crippen LogP contribution in [-0.4, -0.2) is 33.1 Å². The van der Waals surface area contributed by atoms with E-state index in [-0.39, 0.29) is 12.3 Å². The average Bonchev–Trinajstić information content (AvgIpc) is 2.66. The second-order valence-electron chi connectivity index (χ2n) is 5.62. The molecule has 0 aliphatic carbocycles. The van der Waals surface area contributed by atoms with Gasteiger partial charge in [-0.15, -0.1) is 0 Å². The van der Waals surface area contributed by atoms with Crippen LogP contribution >= 0.6 is 0 Å². The number of nitrogens with one attached hydrogen (secondary N) is 1. The van der Waals surface area contributed by atoms with Gasteiger partial charge in [0, 0.05) is 11.8 Å². The molecule has 0 spiro atoms. The number of nitrogens with two attached hydrogens (primary N) is 1. The number of amides is 2. The maximum absolute atomic E-state index is 12.1. The molecular weight excluding hydrogens is 348 g/mol. The first-order valence-electron chi connectivity index (χ1n) is 8.13. The van der Waals surface area contributed by atoms with Crippen LogP contribution in [0.25, 0.3) is 6.08 Å². The molecule has 0 aliphatic rings. The molecule has 0 unspecified atom stereocenters. The van der Waals surface area contributed by atoms with E-state index in [1.54, 1.807) is 42.5 Å². The summed E-state index contributed by atoms with van der Waals surface area (Å²) in [5.74, 6) is 0.785. The minimum Gasteiger partial charge on any atom is -0.493 e. The van der Waals surface area contributed by atoms with Gasteiger partial charge >= 0.3 is 0 Å². The van der Waals surface area contributed by atoms with Gasteiger partial charge in [-0.05, 0) is 41.5 Å². The summed E-state index contributed by atoms with van der Waals surface area (Å²) in [6, 6.07) is 10.4. The molecule has 3 N–H and O–H groups in total. The molecule has 2 rings (SSSR count). The number of primary amides is 1. The zero-order valence-corrected chi connectivity index (χ0v) is 15.4. The van der Waals surface area contributed by atoms with Crippen LogP contribution in [0.4, 0.5) is 5.69 Å². The van der Waals surface area contributed by atoms with E-state index in [1.165, 1.54) is 27.4 Å². The Bertz CT molecular complexity index is 819. The Kier molecular flexibility index (Phi) is 6.82. The molecule has 0 radical (unpaired) electrons. The van der Waals surface area contributed by atoms with Crippen molar-refractivity contribution in [2.45, 2.75) is 6.42 Å². The maximum Gasteiger partial charge on any atom is 0.248 e. The Morgan fingerprint density at radius 2 is 1.59 bits per heavy atom. The van der Waals surface area contributed by atoms with E-state index in [0.717, 1.165) is 11.1 Å². The molecule has 2 aromatic carbocycles. The second-order valence-corrected chi connectivity index (χ2v) is 5.62. The third-order valence-corrected chi connectivity index (χ3v) is 3.71. The van der Waals surface area contributed by atoms with Gasteiger partial charge in [0.25, 0.3) is 0 Å². The highest BCUT2D eigenvalue weighted by molar-refractivity contribution is 6.02. The molecule has 27 heavy (non-hydrogen) atoms. The normalized spacial score (nSPS) is 10.5. The van der Waals surface area contributed by atoms with Crippen molar-refractivity contribution in [3.05, 3.63) is 53.6 Å². The first-order chi connectivity index (χ1) is 13.0.